The number of fused-ring (bicyclic) bond motifs is 2. The molecule has 0 bridgehead atoms. The lowest BCUT2D eigenvalue weighted by Crippen LogP contribution is -2.30. The van der Waals surface area contributed by atoms with Gasteiger partial charge in [-0.05, 0) is 54.7 Å². The van der Waals surface area contributed by atoms with E-state index in [1.165, 1.54) is 0 Å². The smallest absolute Gasteiger partial charge is 0.306 e. The number of amidine groups is 1. The van der Waals surface area contributed by atoms with Crippen molar-refractivity contribution < 1.29 is 23.9 Å². The number of ether oxygens (including phenoxy) is 2. The number of hydrogen-bond acceptors (Lipinski definition) is 7. The Morgan fingerprint density at radius 2 is 1.83 bits per heavy atom. The lowest BCUT2D eigenvalue weighted by Gasteiger charge is -2.22. The monoisotopic (exact) mass is 561 g/mol. The molecule has 0 unspecified atom stereocenters. The molecule has 0 spiro atoms. The van der Waals surface area contributed by atoms with E-state index in [2.05, 4.69) is 26.1 Å². The molecule has 3 aromatic rings. The number of Topliss-reactive ketones (excluding diaryl/α,β-unsaturated/α-hetero) is 1. The van der Waals surface area contributed by atoms with E-state index in [1.54, 1.807) is 31.0 Å². The topological polar surface area (TPSA) is 127 Å². The van der Waals surface area contributed by atoms with Crippen LogP contribution in [0.15, 0.2) is 24.3 Å². The molecule has 0 aliphatic carbocycles. The standard InChI is InChI=1S/C31H39N5O5/c1-8-40-25-14-19-16-36(29(32)20(19)15-21(25)30(39)33-6)17-24(37)18-12-22(31(3,4)5)28-23(13-18)35(7)26(34-28)10-11-27(38)41-9-2/h12-15,32H,8-11,16-17H2,1-7H3,(H,33,39). The summed E-state index contributed by atoms with van der Waals surface area (Å²) in [6.07, 6.45) is 0.660. The molecule has 1 aliphatic rings. The van der Waals surface area contributed by atoms with Crippen molar-refractivity contribution in [1.29, 1.82) is 5.41 Å². The highest BCUT2D eigenvalue weighted by molar-refractivity contribution is 6.08. The maximum absolute atomic E-state index is 13.7. The quantitative estimate of drug-likeness (QED) is 0.281. The Morgan fingerprint density at radius 3 is 2.46 bits per heavy atom. The van der Waals surface area contributed by atoms with Gasteiger partial charge in [0.05, 0.1) is 42.8 Å². The second-order valence-electron chi connectivity index (χ2n) is 11.2. The van der Waals surface area contributed by atoms with Crippen LogP contribution in [0.25, 0.3) is 11.0 Å². The molecule has 0 radical (unpaired) electrons. The molecule has 0 atom stereocenters. The van der Waals surface area contributed by atoms with E-state index in [1.807, 2.05) is 30.7 Å². The Hall–Kier alpha value is -4.21. The highest BCUT2D eigenvalue weighted by Crippen LogP contribution is 2.33. The number of carbonyl (C=O) groups is 3. The van der Waals surface area contributed by atoms with Crippen LogP contribution in [0.5, 0.6) is 5.75 Å². The first-order valence-electron chi connectivity index (χ1n) is 13.9. The number of carbonyl (C=O) groups excluding carboxylic acids is 3. The Kier molecular flexibility index (Phi) is 8.51. The Labute approximate surface area is 240 Å². The lowest BCUT2D eigenvalue weighted by molar-refractivity contribution is -0.143. The molecule has 10 nitrogen and oxygen atoms in total. The number of rotatable bonds is 10. The number of nitrogens with one attached hydrogen (secondary N) is 2. The maximum Gasteiger partial charge on any atom is 0.306 e. The number of aromatic nitrogens is 2. The van der Waals surface area contributed by atoms with Crippen LogP contribution in [0.2, 0.25) is 0 Å². The minimum absolute atomic E-state index is 0.00937. The van der Waals surface area contributed by atoms with Crippen molar-refractivity contribution in [3.8, 4) is 5.75 Å². The van der Waals surface area contributed by atoms with Crippen molar-refractivity contribution in [1.82, 2.24) is 19.8 Å². The third-order valence-electron chi connectivity index (χ3n) is 7.31. The third-order valence-corrected chi connectivity index (χ3v) is 7.31. The highest BCUT2D eigenvalue weighted by Gasteiger charge is 2.30. The van der Waals surface area contributed by atoms with Crippen molar-refractivity contribution in [3.63, 3.8) is 0 Å². The number of ketones is 1. The van der Waals surface area contributed by atoms with Gasteiger partial charge >= 0.3 is 5.97 Å². The van der Waals surface area contributed by atoms with Gasteiger partial charge in [-0.3, -0.25) is 19.8 Å². The molecule has 0 saturated heterocycles. The van der Waals surface area contributed by atoms with Crippen LogP contribution in [-0.2, 0) is 35.0 Å². The van der Waals surface area contributed by atoms with Crippen LogP contribution >= 0.6 is 0 Å². The van der Waals surface area contributed by atoms with Crippen LogP contribution in [-0.4, -0.2) is 64.8 Å². The van der Waals surface area contributed by atoms with E-state index >= 15 is 0 Å². The Balaban J connectivity index is 1.64. The fraction of sp³-hybridized carbons (Fsp3) is 0.452. The number of imidazole rings is 1. The number of benzene rings is 2. The number of hydrogen-bond donors (Lipinski definition) is 2. The van der Waals surface area contributed by atoms with Gasteiger partial charge in [0.15, 0.2) is 5.78 Å². The first-order chi connectivity index (χ1) is 19.4. The average Bonchev–Trinajstić information content (AvgIpc) is 3.40. The van der Waals surface area contributed by atoms with Gasteiger partial charge in [0.2, 0.25) is 0 Å². The van der Waals surface area contributed by atoms with Crippen molar-refractivity contribution in [2.75, 3.05) is 26.8 Å². The van der Waals surface area contributed by atoms with E-state index < -0.39 is 0 Å². The molecule has 4 rings (SSSR count). The van der Waals surface area contributed by atoms with E-state index in [0.717, 1.165) is 28.0 Å². The van der Waals surface area contributed by atoms with Crippen molar-refractivity contribution >= 4 is 34.5 Å². The molecule has 1 aliphatic heterocycles. The predicted molar refractivity (Wildman–Crippen MR) is 157 cm³/mol. The van der Waals surface area contributed by atoms with E-state index in [0.29, 0.717) is 48.6 Å². The summed E-state index contributed by atoms with van der Waals surface area (Å²) in [5, 5.41) is 11.4. The molecule has 0 saturated carbocycles. The first-order valence-corrected chi connectivity index (χ1v) is 13.9. The molecule has 41 heavy (non-hydrogen) atoms. The SMILES string of the molecule is CCOC(=O)CCc1nc2c(C(C)(C)C)cc(C(=O)CN3Cc4cc(OCC)c(C(=O)NC)cc4C3=N)cc2n1C. The van der Waals surface area contributed by atoms with E-state index in [4.69, 9.17) is 19.9 Å². The van der Waals surface area contributed by atoms with Crippen molar-refractivity contribution in [3.05, 3.63) is 57.9 Å². The summed E-state index contributed by atoms with van der Waals surface area (Å²) in [7, 11) is 3.44. The Morgan fingerprint density at radius 1 is 1.10 bits per heavy atom. The Bertz CT molecular complexity index is 1530. The lowest BCUT2D eigenvalue weighted by atomic mass is 9.84. The maximum atomic E-state index is 13.7. The molecule has 0 fully saturated rings. The molecule has 2 aromatic carbocycles. The van der Waals surface area contributed by atoms with Crippen molar-refractivity contribution in [2.45, 2.75) is 59.4 Å². The summed E-state index contributed by atoms with van der Waals surface area (Å²) in [6, 6.07) is 7.21. The summed E-state index contributed by atoms with van der Waals surface area (Å²) in [4.78, 5) is 44.7. The predicted octanol–water partition coefficient (Wildman–Crippen LogP) is 4.15. The minimum Gasteiger partial charge on any atom is -0.493 e. The van der Waals surface area contributed by atoms with Gasteiger partial charge in [-0.1, -0.05) is 20.8 Å². The summed E-state index contributed by atoms with van der Waals surface area (Å²) in [5.41, 5.74) is 4.62. The van der Waals surface area contributed by atoms with E-state index in [9.17, 15) is 14.4 Å². The van der Waals surface area contributed by atoms with Crippen LogP contribution in [0, 0.1) is 5.41 Å². The summed E-state index contributed by atoms with van der Waals surface area (Å²) < 4.78 is 12.7. The van der Waals surface area contributed by atoms with Gasteiger partial charge in [-0.2, -0.15) is 0 Å². The van der Waals surface area contributed by atoms with Gasteiger partial charge in [0.25, 0.3) is 5.91 Å². The summed E-state index contributed by atoms with van der Waals surface area (Å²) in [6.45, 7) is 11.0. The second-order valence-corrected chi connectivity index (χ2v) is 11.2. The number of esters is 1. The zero-order valence-corrected chi connectivity index (χ0v) is 24.9. The molecule has 1 aromatic heterocycles. The van der Waals surface area contributed by atoms with Gasteiger partial charge in [0.1, 0.15) is 17.4 Å². The molecule has 2 heterocycles. The minimum atomic E-state index is -0.292. The zero-order valence-electron chi connectivity index (χ0n) is 24.9. The zero-order chi connectivity index (χ0) is 30.1. The van der Waals surface area contributed by atoms with Crippen molar-refractivity contribution in [2.24, 2.45) is 7.05 Å². The summed E-state index contributed by atoms with van der Waals surface area (Å²) in [5.74, 6) is 0.718. The van der Waals surface area contributed by atoms with Crippen LogP contribution in [0.3, 0.4) is 0 Å². The fourth-order valence-corrected chi connectivity index (χ4v) is 5.15. The number of amides is 1. The van der Waals surface area contributed by atoms with Crippen LogP contribution < -0.4 is 10.1 Å². The highest BCUT2D eigenvalue weighted by atomic mass is 16.5. The average molecular weight is 562 g/mol. The van der Waals surface area contributed by atoms with E-state index in [-0.39, 0.29) is 41.9 Å². The molecule has 1 amide bonds. The van der Waals surface area contributed by atoms with Gasteiger partial charge in [0, 0.05) is 38.2 Å². The third kappa shape index (κ3) is 5.96. The van der Waals surface area contributed by atoms with Gasteiger partial charge < -0.3 is 24.3 Å². The van der Waals surface area contributed by atoms with Gasteiger partial charge in [-0.15, -0.1) is 0 Å². The largest absolute Gasteiger partial charge is 0.493 e. The molecule has 218 valence electrons. The number of aryl methyl sites for hydroxylation is 2. The molecular formula is C31H39N5O5. The number of nitrogens with zero attached hydrogens (tertiary/aromatic N) is 3. The normalized spacial score (nSPS) is 13.0. The first kappa shape index (κ1) is 29.8. The molecule has 10 heteroatoms. The summed E-state index contributed by atoms with van der Waals surface area (Å²) >= 11 is 0. The molecular weight excluding hydrogens is 522 g/mol. The molecule has 2 N–H and O–H groups in total. The second kappa shape index (κ2) is 11.7. The van der Waals surface area contributed by atoms with Crippen LogP contribution in [0.4, 0.5) is 0 Å². The van der Waals surface area contributed by atoms with Crippen LogP contribution in [0.1, 0.15) is 84.3 Å². The van der Waals surface area contributed by atoms with Gasteiger partial charge in [-0.25, -0.2) is 4.98 Å². The fourth-order valence-electron chi connectivity index (χ4n) is 5.15.